The van der Waals surface area contributed by atoms with Crippen LogP contribution in [0, 0.1) is 5.41 Å². The van der Waals surface area contributed by atoms with Crippen LogP contribution in [0.2, 0.25) is 0 Å². The van der Waals surface area contributed by atoms with Crippen LogP contribution in [0.1, 0.15) is 35.7 Å². The number of carbonyl (C=O) groups is 2. The van der Waals surface area contributed by atoms with E-state index in [1.807, 2.05) is 12.1 Å². The Bertz CT molecular complexity index is 530. The Morgan fingerprint density at radius 3 is 2.75 bits per heavy atom. The third-order valence-corrected chi connectivity index (χ3v) is 3.97. The van der Waals surface area contributed by atoms with Gasteiger partial charge in [-0.3, -0.25) is 14.5 Å². The van der Waals surface area contributed by atoms with Gasteiger partial charge < -0.3 is 10.8 Å². The van der Waals surface area contributed by atoms with Gasteiger partial charge in [0, 0.05) is 18.7 Å². The van der Waals surface area contributed by atoms with Crippen LogP contribution in [0.15, 0.2) is 24.3 Å². The Labute approximate surface area is 118 Å². The molecule has 1 saturated heterocycles. The molecule has 1 aliphatic rings. The molecule has 2 rings (SSSR count). The standard InChI is InChI=1S/C15H20N2O3/c1-15(14(19)20)7-4-8-17(10-15)9-11-5-2-3-6-12(11)13(16)18/h2-3,5-6H,4,7-10H2,1H3,(H2,16,18)(H,19,20). The number of nitrogens with zero attached hydrogens (tertiary/aromatic N) is 1. The molecule has 20 heavy (non-hydrogen) atoms. The molecule has 1 heterocycles. The zero-order chi connectivity index (χ0) is 14.8. The Balaban J connectivity index is 2.14. The Kier molecular flexibility index (Phi) is 4.09. The third-order valence-electron chi connectivity index (χ3n) is 3.97. The summed E-state index contributed by atoms with van der Waals surface area (Å²) in [6.07, 6.45) is 1.54. The summed E-state index contributed by atoms with van der Waals surface area (Å²) >= 11 is 0. The lowest BCUT2D eigenvalue weighted by Gasteiger charge is -2.37. The van der Waals surface area contributed by atoms with Gasteiger partial charge in [-0.05, 0) is 37.9 Å². The van der Waals surface area contributed by atoms with E-state index in [2.05, 4.69) is 4.90 Å². The first kappa shape index (κ1) is 14.5. The number of carboxylic acid groups (broad SMARTS) is 1. The average Bonchev–Trinajstić information content (AvgIpc) is 2.39. The Hall–Kier alpha value is -1.88. The average molecular weight is 276 g/mol. The molecule has 1 aromatic carbocycles. The summed E-state index contributed by atoms with van der Waals surface area (Å²) in [6, 6.07) is 7.22. The summed E-state index contributed by atoms with van der Waals surface area (Å²) in [7, 11) is 0. The minimum absolute atomic E-state index is 0.446. The van der Waals surface area contributed by atoms with Crippen molar-refractivity contribution in [2.45, 2.75) is 26.3 Å². The number of hydrogen-bond donors (Lipinski definition) is 2. The molecule has 1 atom stereocenters. The van der Waals surface area contributed by atoms with Gasteiger partial charge in [-0.25, -0.2) is 0 Å². The summed E-state index contributed by atoms with van der Waals surface area (Å²) in [6.45, 7) is 3.68. The molecule has 0 spiro atoms. The first-order valence-electron chi connectivity index (χ1n) is 6.76. The second-order valence-electron chi connectivity index (χ2n) is 5.70. The van der Waals surface area contributed by atoms with Crippen molar-refractivity contribution in [1.29, 1.82) is 0 Å². The summed E-state index contributed by atoms with van der Waals surface area (Å²) in [4.78, 5) is 24.8. The van der Waals surface area contributed by atoms with Crippen LogP contribution in [0.4, 0.5) is 0 Å². The van der Waals surface area contributed by atoms with Crippen molar-refractivity contribution >= 4 is 11.9 Å². The molecule has 5 nitrogen and oxygen atoms in total. The van der Waals surface area contributed by atoms with Gasteiger partial charge in [0.05, 0.1) is 5.41 Å². The van der Waals surface area contributed by atoms with Gasteiger partial charge in [-0.1, -0.05) is 18.2 Å². The number of carbonyl (C=O) groups excluding carboxylic acids is 1. The van der Waals surface area contributed by atoms with Crippen molar-refractivity contribution in [2.75, 3.05) is 13.1 Å². The highest BCUT2D eigenvalue weighted by molar-refractivity contribution is 5.94. The second kappa shape index (κ2) is 5.63. The molecular weight excluding hydrogens is 256 g/mol. The van der Waals surface area contributed by atoms with Crippen molar-refractivity contribution < 1.29 is 14.7 Å². The highest BCUT2D eigenvalue weighted by Crippen LogP contribution is 2.30. The molecule has 1 aromatic rings. The van der Waals surface area contributed by atoms with Crippen LogP contribution in [0.5, 0.6) is 0 Å². The number of rotatable bonds is 4. The van der Waals surface area contributed by atoms with Crippen LogP contribution in [-0.2, 0) is 11.3 Å². The molecule has 0 bridgehead atoms. The zero-order valence-corrected chi connectivity index (χ0v) is 11.6. The number of carboxylic acids is 1. The first-order chi connectivity index (χ1) is 9.42. The molecular formula is C15H20N2O3. The van der Waals surface area contributed by atoms with Crippen LogP contribution in [0.3, 0.4) is 0 Å². The molecule has 108 valence electrons. The minimum Gasteiger partial charge on any atom is -0.481 e. The predicted octanol–water partition coefficient (Wildman–Crippen LogP) is 1.47. The lowest BCUT2D eigenvalue weighted by molar-refractivity contribution is -0.151. The summed E-state index contributed by atoms with van der Waals surface area (Å²) in [5.74, 6) is -1.20. The van der Waals surface area contributed by atoms with Gasteiger partial charge in [0.25, 0.3) is 0 Å². The van der Waals surface area contributed by atoms with Crippen molar-refractivity contribution in [3.8, 4) is 0 Å². The zero-order valence-electron chi connectivity index (χ0n) is 11.6. The first-order valence-corrected chi connectivity index (χ1v) is 6.76. The van der Waals surface area contributed by atoms with Gasteiger partial charge in [0.1, 0.15) is 0 Å². The molecule has 0 saturated carbocycles. The number of nitrogens with two attached hydrogens (primary N) is 1. The second-order valence-corrected chi connectivity index (χ2v) is 5.70. The molecule has 0 aromatic heterocycles. The van der Waals surface area contributed by atoms with E-state index < -0.39 is 17.3 Å². The van der Waals surface area contributed by atoms with E-state index in [1.165, 1.54) is 0 Å². The van der Waals surface area contributed by atoms with E-state index in [0.29, 0.717) is 25.1 Å². The van der Waals surface area contributed by atoms with Crippen molar-refractivity contribution in [3.05, 3.63) is 35.4 Å². The fourth-order valence-electron chi connectivity index (χ4n) is 2.79. The smallest absolute Gasteiger partial charge is 0.310 e. The van der Waals surface area contributed by atoms with Crippen LogP contribution >= 0.6 is 0 Å². The molecule has 1 amide bonds. The molecule has 1 fully saturated rings. The summed E-state index contributed by atoms with van der Waals surface area (Å²) in [5, 5.41) is 9.32. The molecule has 1 aliphatic heterocycles. The number of hydrogen-bond acceptors (Lipinski definition) is 3. The molecule has 0 aliphatic carbocycles. The van der Waals surface area contributed by atoms with Crippen LogP contribution in [0.25, 0.3) is 0 Å². The van der Waals surface area contributed by atoms with Crippen LogP contribution < -0.4 is 5.73 Å². The highest BCUT2D eigenvalue weighted by Gasteiger charge is 2.37. The van der Waals surface area contributed by atoms with E-state index in [-0.39, 0.29) is 0 Å². The Morgan fingerprint density at radius 2 is 2.10 bits per heavy atom. The predicted molar refractivity (Wildman–Crippen MR) is 75.2 cm³/mol. The monoisotopic (exact) mass is 276 g/mol. The van der Waals surface area contributed by atoms with E-state index in [0.717, 1.165) is 18.5 Å². The molecule has 0 radical (unpaired) electrons. The van der Waals surface area contributed by atoms with Gasteiger partial charge in [-0.2, -0.15) is 0 Å². The van der Waals surface area contributed by atoms with Crippen molar-refractivity contribution in [2.24, 2.45) is 11.1 Å². The quantitative estimate of drug-likeness (QED) is 0.872. The number of piperidine rings is 1. The molecule has 1 unspecified atom stereocenters. The van der Waals surface area contributed by atoms with Gasteiger partial charge in [-0.15, -0.1) is 0 Å². The van der Waals surface area contributed by atoms with Crippen LogP contribution in [-0.4, -0.2) is 35.0 Å². The number of primary amides is 1. The third kappa shape index (κ3) is 2.99. The van der Waals surface area contributed by atoms with E-state index in [4.69, 9.17) is 5.73 Å². The van der Waals surface area contributed by atoms with Gasteiger partial charge in [0.2, 0.25) is 5.91 Å². The number of likely N-dealkylation sites (tertiary alicyclic amines) is 1. The number of benzene rings is 1. The largest absolute Gasteiger partial charge is 0.481 e. The molecule has 5 heteroatoms. The summed E-state index contributed by atoms with van der Waals surface area (Å²) in [5.41, 5.74) is 6.03. The fourth-order valence-corrected chi connectivity index (χ4v) is 2.79. The van der Waals surface area contributed by atoms with E-state index in [9.17, 15) is 14.7 Å². The lowest BCUT2D eigenvalue weighted by atomic mass is 9.82. The number of amides is 1. The van der Waals surface area contributed by atoms with Crippen molar-refractivity contribution in [1.82, 2.24) is 4.90 Å². The normalized spacial score (nSPS) is 23.4. The maximum absolute atomic E-state index is 11.4. The highest BCUT2D eigenvalue weighted by atomic mass is 16.4. The van der Waals surface area contributed by atoms with Crippen molar-refractivity contribution in [3.63, 3.8) is 0 Å². The maximum Gasteiger partial charge on any atom is 0.310 e. The SMILES string of the molecule is CC1(C(=O)O)CCCN(Cc2ccccc2C(N)=O)C1. The van der Waals surface area contributed by atoms with E-state index in [1.54, 1.807) is 19.1 Å². The lowest BCUT2D eigenvalue weighted by Crippen LogP contribution is -2.45. The maximum atomic E-state index is 11.4. The van der Waals surface area contributed by atoms with Gasteiger partial charge >= 0.3 is 5.97 Å². The fraction of sp³-hybridized carbons (Fsp3) is 0.467. The minimum atomic E-state index is -0.759. The van der Waals surface area contributed by atoms with Gasteiger partial charge in [0.15, 0.2) is 0 Å². The molecule has 3 N–H and O–H groups in total. The van der Waals surface area contributed by atoms with E-state index >= 15 is 0 Å². The Morgan fingerprint density at radius 1 is 1.40 bits per heavy atom. The summed E-state index contributed by atoms with van der Waals surface area (Å²) < 4.78 is 0. The topological polar surface area (TPSA) is 83.6 Å². The number of aliphatic carboxylic acids is 1.